The molecular formula is C26H46O6. The summed E-state index contributed by atoms with van der Waals surface area (Å²) in [6.45, 7) is 5.20. The standard InChI is InChI=1S/2C9H20O.C8H6O4/c2*1-2-3-4-5-6-7-8-9-10;9-7(10)5-3-1-2-4-6(5)8(11)12/h2*10H,2-9H2,1H3;1-4H,(H,9,10)(H,11,12). The molecule has 6 heteroatoms. The number of unbranched alkanes of at least 4 members (excludes halogenated alkanes) is 12. The van der Waals surface area contributed by atoms with Crippen LogP contribution in [0.5, 0.6) is 0 Å². The van der Waals surface area contributed by atoms with Gasteiger partial charge in [0, 0.05) is 13.2 Å². The number of carboxylic acid groups (broad SMARTS) is 2. The highest BCUT2D eigenvalue weighted by Gasteiger charge is 2.13. The Kier molecular flexibility index (Phi) is 25.5. The predicted molar refractivity (Wildman–Crippen MR) is 131 cm³/mol. The van der Waals surface area contributed by atoms with E-state index in [9.17, 15) is 9.59 Å². The zero-order valence-electron chi connectivity index (χ0n) is 20.2. The Labute approximate surface area is 194 Å². The number of carbonyl (C=O) groups is 2. The van der Waals surface area contributed by atoms with Crippen molar-refractivity contribution in [2.24, 2.45) is 0 Å². The molecule has 0 fully saturated rings. The van der Waals surface area contributed by atoms with E-state index in [0.717, 1.165) is 12.8 Å². The van der Waals surface area contributed by atoms with Crippen LogP contribution in [0.2, 0.25) is 0 Å². The molecule has 0 unspecified atom stereocenters. The van der Waals surface area contributed by atoms with Gasteiger partial charge in [-0.25, -0.2) is 9.59 Å². The molecule has 1 rings (SSSR count). The fraction of sp³-hybridized carbons (Fsp3) is 0.692. The predicted octanol–water partition coefficient (Wildman–Crippen LogP) is 6.54. The molecule has 0 aromatic heterocycles. The van der Waals surface area contributed by atoms with E-state index in [2.05, 4.69) is 13.8 Å². The molecule has 0 saturated carbocycles. The van der Waals surface area contributed by atoms with Gasteiger partial charge in [-0.2, -0.15) is 0 Å². The van der Waals surface area contributed by atoms with Crippen LogP contribution in [0.1, 0.15) is 124 Å². The van der Waals surface area contributed by atoms with Crippen LogP contribution in [0.4, 0.5) is 0 Å². The summed E-state index contributed by atoms with van der Waals surface area (Å²) in [6.07, 6.45) is 17.9. The van der Waals surface area contributed by atoms with Gasteiger partial charge in [0.1, 0.15) is 0 Å². The second-order valence-electron chi connectivity index (χ2n) is 7.85. The summed E-state index contributed by atoms with van der Waals surface area (Å²) >= 11 is 0. The number of aliphatic hydroxyl groups is 2. The first-order chi connectivity index (χ1) is 15.5. The van der Waals surface area contributed by atoms with Crippen LogP contribution >= 0.6 is 0 Å². The average Bonchev–Trinajstić information content (AvgIpc) is 2.79. The molecule has 0 spiro atoms. The van der Waals surface area contributed by atoms with Crippen molar-refractivity contribution in [2.75, 3.05) is 13.2 Å². The maximum absolute atomic E-state index is 10.5. The van der Waals surface area contributed by atoms with E-state index in [1.807, 2.05) is 0 Å². The van der Waals surface area contributed by atoms with Crippen molar-refractivity contribution in [3.63, 3.8) is 0 Å². The maximum atomic E-state index is 10.5. The molecule has 0 heterocycles. The lowest BCUT2D eigenvalue weighted by Crippen LogP contribution is -2.06. The number of benzene rings is 1. The van der Waals surface area contributed by atoms with Crippen LogP contribution in [0, 0.1) is 0 Å². The van der Waals surface area contributed by atoms with E-state index >= 15 is 0 Å². The van der Waals surface area contributed by atoms with Gasteiger partial charge in [0.05, 0.1) is 11.1 Å². The summed E-state index contributed by atoms with van der Waals surface area (Å²) in [6, 6.07) is 5.48. The first-order valence-electron chi connectivity index (χ1n) is 12.2. The lowest BCUT2D eigenvalue weighted by Gasteiger charge is -1.98. The van der Waals surface area contributed by atoms with Gasteiger partial charge < -0.3 is 20.4 Å². The Bertz CT molecular complexity index is 494. The largest absolute Gasteiger partial charge is 0.478 e. The molecule has 0 bridgehead atoms. The zero-order chi connectivity index (χ0) is 24.5. The van der Waals surface area contributed by atoms with E-state index in [1.165, 1.54) is 101 Å². The first-order valence-corrected chi connectivity index (χ1v) is 12.2. The van der Waals surface area contributed by atoms with Crippen LogP contribution < -0.4 is 0 Å². The second-order valence-corrected chi connectivity index (χ2v) is 7.85. The van der Waals surface area contributed by atoms with Gasteiger partial charge in [0.15, 0.2) is 0 Å². The van der Waals surface area contributed by atoms with Crippen molar-refractivity contribution >= 4 is 11.9 Å². The molecule has 32 heavy (non-hydrogen) atoms. The van der Waals surface area contributed by atoms with Crippen molar-refractivity contribution in [1.29, 1.82) is 0 Å². The number of aliphatic hydroxyl groups excluding tert-OH is 2. The topological polar surface area (TPSA) is 115 Å². The molecule has 0 aliphatic carbocycles. The summed E-state index contributed by atoms with van der Waals surface area (Å²) in [7, 11) is 0. The molecule has 0 atom stereocenters. The normalized spacial score (nSPS) is 9.88. The number of aromatic carboxylic acids is 2. The third-order valence-electron chi connectivity index (χ3n) is 4.91. The van der Waals surface area contributed by atoms with Crippen molar-refractivity contribution in [2.45, 2.75) is 104 Å². The summed E-state index contributed by atoms with van der Waals surface area (Å²) in [5.41, 5.74) is -0.380. The van der Waals surface area contributed by atoms with E-state index in [0.29, 0.717) is 13.2 Å². The van der Waals surface area contributed by atoms with E-state index < -0.39 is 11.9 Å². The number of hydrogen-bond donors (Lipinski definition) is 4. The molecule has 1 aromatic carbocycles. The Hall–Kier alpha value is -1.92. The van der Waals surface area contributed by atoms with E-state index in [1.54, 1.807) is 0 Å². The molecule has 0 radical (unpaired) electrons. The van der Waals surface area contributed by atoms with E-state index in [4.69, 9.17) is 20.4 Å². The van der Waals surface area contributed by atoms with Crippen LogP contribution in [-0.2, 0) is 0 Å². The Morgan fingerprint density at radius 3 is 1.09 bits per heavy atom. The average molecular weight is 455 g/mol. The van der Waals surface area contributed by atoms with Crippen LogP contribution in [0.15, 0.2) is 24.3 Å². The Balaban J connectivity index is 0. The molecule has 0 aliphatic rings. The van der Waals surface area contributed by atoms with Crippen molar-refractivity contribution in [3.8, 4) is 0 Å². The first kappa shape index (κ1) is 32.3. The van der Waals surface area contributed by atoms with Gasteiger partial charge in [-0.1, -0.05) is 103 Å². The smallest absolute Gasteiger partial charge is 0.336 e. The molecular weight excluding hydrogens is 408 g/mol. The van der Waals surface area contributed by atoms with Crippen molar-refractivity contribution in [1.82, 2.24) is 0 Å². The highest BCUT2D eigenvalue weighted by molar-refractivity contribution is 6.01. The lowest BCUT2D eigenvalue weighted by molar-refractivity contribution is 0.0651. The minimum absolute atomic E-state index is 0.190. The molecule has 6 nitrogen and oxygen atoms in total. The van der Waals surface area contributed by atoms with Gasteiger partial charge in [0.25, 0.3) is 0 Å². The lowest BCUT2D eigenvalue weighted by atomic mass is 10.1. The van der Waals surface area contributed by atoms with Gasteiger partial charge >= 0.3 is 11.9 Å². The third-order valence-corrected chi connectivity index (χ3v) is 4.91. The number of hydrogen-bond acceptors (Lipinski definition) is 4. The molecule has 1 aromatic rings. The SMILES string of the molecule is CCCCCCCCCO.CCCCCCCCCO.O=C(O)c1ccccc1C(=O)O. The van der Waals surface area contributed by atoms with Crippen molar-refractivity contribution < 1.29 is 30.0 Å². The minimum atomic E-state index is -1.23. The molecule has 0 amide bonds. The minimum Gasteiger partial charge on any atom is -0.478 e. The third kappa shape index (κ3) is 21.3. The van der Waals surface area contributed by atoms with Gasteiger partial charge in [-0.3, -0.25) is 0 Å². The Morgan fingerprint density at radius 1 is 0.562 bits per heavy atom. The summed E-state index contributed by atoms with van der Waals surface area (Å²) < 4.78 is 0. The molecule has 0 aliphatic heterocycles. The van der Waals surface area contributed by atoms with E-state index in [-0.39, 0.29) is 11.1 Å². The van der Waals surface area contributed by atoms with Crippen LogP contribution in [0.3, 0.4) is 0 Å². The summed E-state index contributed by atoms with van der Waals surface area (Å²) in [4.78, 5) is 20.9. The summed E-state index contributed by atoms with van der Waals surface area (Å²) in [5, 5.41) is 34.0. The highest BCUT2D eigenvalue weighted by Crippen LogP contribution is 2.08. The van der Waals surface area contributed by atoms with Gasteiger partial charge in [0.2, 0.25) is 0 Å². The molecule has 186 valence electrons. The molecule has 4 N–H and O–H groups in total. The summed E-state index contributed by atoms with van der Waals surface area (Å²) in [5.74, 6) is -2.46. The Morgan fingerprint density at radius 2 is 0.844 bits per heavy atom. The zero-order valence-corrected chi connectivity index (χ0v) is 20.2. The van der Waals surface area contributed by atoms with Crippen LogP contribution in [-0.4, -0.2) is 45.6 Å². The van der Waals surface area contributed by atoms with Gasteiger partial charge in [-0.05, 0) is 25.0 Å². The number of rotatable bonds is 16. The monoisotopic (exact) mass is 454 g/mol. The van der Waals surface area contributed by atoms with Crippen LogP contribution in [0.25, 0.3) is 0 Å². The number of carboxylic acids is 2. The maximum Gasteiger partial charge on any atom is 0.336 e. The molecule has 0 saturated heterocycles. The fourth-order valence-corrected chi connectivity index (χ4v) is 2.99. The quantitative estimate of drug-likeness (QED) is 0.211. The second kappa shape index (κ2) is 25.3. The van der Waals surface area contributed by atoms with Gasteiger partial charge in [-0.15, -0.1) is 0 Å². The highest BCUT2D eigenvalue weighted by atomic mass is 16.4. The van der Waals surface area contributed by atoms with Crippen molar-refractivity contribution in [3.05, 3.63) is 35.4 Å². The fourth-order valence-electron chi connectivity index (χ4n) is 2.99.